The molecule has 0 bridgehead atoms. The second kappa shape index (κ2) is 6.38. The summed E-state index contributed by atoms with van der Waals surface area (Å²) in [4.78, 5) is 4.17. The van der Waals surface area contributed by atoms with Gasteiger partial charge in [-0.25, -0.2) is 0 Å². The summed E-state index contributed by atoms with van der Waals surface area (Å²) >= 11 is 0. The lowest BCUT2D eigenvalue weighted by Crippen LogP contribution is -2.47. The van der Waals surface area contributed by atoms with Gasteiger partial charge in [-0.2, -0.15) is 0 Å². The molecule has 0 aromatic heterocycles. The molecular formula is C13H25N3O2. The van der Waals surface area contributed by atoms with E-state index in [0.717, 1.165) is 57.6 Å². The molecule has 5 heteroatoms. The number of aliphatic imine (C=N–C) groups is 1. The summed E-state index contributed by atoms with van der Waals surface area (Å²) in [6.07, 6.45) is 6.61. The van der Waals surface area contributed by atoms with Gasteiger partial charge in [-0.05, 0) is 25.7 Å². The van der Waals surface area contributed by atoms with Crippen molar-refractivity contribution >= 4 is 5.96 Å². The first-order chi connectivity index (χ1) is 8.72. The third kappa shape index (κ3) is 3.85. The van der Waals surface area contributed by atoms with Crippen molar-refractivity contribution in [1.29, 1.82) is 0 Å². The highest BCUT2D eigenvalue weighted by Crippen LogP contribution is 2.28. The molecule has 2 aliphatic rings. The van der Waals surface area contributed by atoms with Crippen molar-refractivity contribution in [2.75, 3.05) is 26.7 Å². The number of ether oxygens (including phenoxy) is 1. The number of guanidine groups is 1. The Balaban J connectivity index is 1.68. The van der Waals surface area contributed by atoms with Crippen LogP contribution in [0.1, 0.15) is 38.5 Å². The average molecular weight is 255 g/mol. The van der Waals surface area contributed by atoms with Crippen LogP contribution in [0.15, 0.2) is 4.99 Å². The van der Waals surface area contributed by atoms with Crippen molar-refractivity contribution in [1.82, 2.24) is 10.6 Å². The molecule has 0 spiro atoms. The Kier molecular flexibility index (Phi) is 4.83. The molecule has 1 aliphatic carbocycles. The highest BCUT2D eigenvalue weighted by Gasteiger charge is 2.31. The predicted octanol–water partition coefficient (Wildman–Crippen LogP) is 0.635. The van der Waals surface area contributed by atoms with Gasteiger partial charge in [0.2, 0.25) is 0 Å². The van der Waals surface area contributed by atoms with Crippen LogP contribution >= 0.6 is 0 Å². The van der Waals surface area contributed by atoms with E-state index in [1.54, 1.807) is 7.05 Å². The third-order valence-electron chi connectivity index (χ3n) is 3.86. The number of rotatable bonds is 4. The van der Waals surface area contributed by atoms with Crippen molar-refractivity contribution in [3.8, 4) is 0 Å². The van der Waals surface area contributed by atoms with Gasteiger partial charge in [-0.3, -0.25) is 4.99 Å². The first-order valence-electron chi connectivity index (χ1n) is 7.00. The highest BCUT2D eigenvalue weighted by atomic mass is 16.5. The van der Waals surface area contributed by atoms with Gasteiger partial charge in [-0.1, -0.05) is 12.8 Å². The van der Waals surface area contributed by atoms with E-state index in [9.17, 15) is 5.11 Å². The highest BCUT2D eigenvalue weighted by molar-refractivity contribution is 5.79. The van der Waals surface area contributed by atoms with Gasteiger partial charge in [0.05, 0.1) is 11.7 Å². The van der Waals surface area contributed by atoms with Crippen LogP contribution in [0.2, 0.25) is 0 Å². The zero-order valence-electron chi connectivity index (χ0n) is 11.2. The average Bonchev–Trinajstić information content (AvgIpc) is 3.01. The van der Waals surface area contributed by atoms with E-state index in [4.69, 9.17) is 4.74 Å². The molecule has 1 aliphatic heterocycles. The topological polar surface area (TPSA) is 65.9 Å². The summed E-state index contributed by atoms with van der Waals surface area (Å²) in [5, 5.41) is 16.7. The lowest BCUT2D eigenvalue weighted by atomic mass is 10.0. The van der Waals surface area contributed by atoms with Crippen LogP contribution < -0.4 is 10.6 Å². The molecule has 1 heterocycles. The van der Waals surface area contributed by atoms with E-state index in [1.807, 2.05) is 0 Å². The minimum absolute atomic E-state index is 0.304. The van der Waals surface area contributed by atoms with Crippen LogP contribution in [0, 0.1) is 0 Å². The zero-order chi connectivity index (χ0) is 12.8. The monoisotopic (exact) mass is 255 g/mol. The van der Waals surface area contributed by atoms with E-state index in [0.29, 0.717) is 12.6 Å². The second-order valence-electron chi connectivity index (χ2n) is 5.37. The van der Waals surface area contributed by atoms with Crippen molar-refractivity contribution in [3.05, 3.63) is 0 Å². The van der Waals surface area contributed by atoms with E-state index in [1.165, 1.54) is 0 Å². The Morgan fingerprint density at radius 3 is 2.72 bits per heavy atom. The summed E-state index contributed by atoms with van der Waals surface area (Å²) < 4.78 is 5.55. The molecule has 2 rings (SSSR count). The maximum Gasteiger partial charge on any atom is 0.191 e. The Labute approximate surface area is 109 Å². The van der Waals surface area contributed by atoms with Crippen LogP contribution in [-0.2, 0) is 4.74 Å². The Morgan fingerprint density at radius 1 is 1.33 bits per heavy atom. The molecule has 1 saturated heterocycles. The fraction of sp³-hybridized carbons (Fsp3) is 0.923. The van der Waals surface area contributed by atoms with Gasteiger partial charge in [-0.15, -0.1) is 0 Å². The molecule has 5 nitrogen and oxygen atoms in total. The first-order valence-corrected chi connectivity index (χ1v) is 7.00. The molecule has 104 valence electrons. The molecular weight excluding hydrogens is 230 g/mol. The lowest BCUT2D eigenvalue weighted by molar-refractivity contribution is 0.0521. The SMILES string of the molecule is CN=C(NCC1CCCO1)NCC1(O)CCCC1. The predicted molar refractivity (Wildman–Crippen MR) is 71.8 cm³/mol. The molecule has 0 amide bonds. The molecule has 18 heavy (non-hydrogen) atoms. The number of aliphatic hydroxyl groups is 1. The molecule has 1 atom stereocenters. The van der Waals surface area contributed by atoms with Gasteiger partial charge >= 0.3 is 0 Å². The Hall–Kier alpha value is -0.810. The standard InChI is InChI=1S/C13H25N3O2/c1-14-12(15-9-11-5-4-8-18-11)16-10-13(17)6-2-3-7-13/h11,17H,2-10H2,1H3,(H2,14,15,16). The number of hydrogen-bond acceptors (Lipinski definition) is 3. The summed E-state index contributed by atoms with van der Waals surface area (Å²) in [6, 6.07) is 0. The Morgan fingerprint density at radius 2 is 2.11 bits per heavy atom. The minimum atomic E-state index is -0.540. The summed E-state index contributed by atoms with van der Waals surface area (Å²) in [5.74, 6) is 0.755. The number of nitrogens with zero attached hydrogens (tertiary/aromatic N) is 1. The van der Waals surface area contributed by atoms with Crippen molar-refractivity contribution in [2.45, 2.75) is 50.2 Å². The van der Waals surface area contributed by atoms with E-state index < -0.39 is 5.60 Å². The second-order valence-corrected chi connectivity index (χ2v) is 5.37. The summed E-state index contributed by atoms with van der Waals surface area (Å²) in [6.45, 7) is 2.24. The number of nitrogens with one attached hydrogen (secondary N) is 2. The van der Waals surface area contributed by atoms with Gasteiger partial charge in [0.1, 0.15) is 0 Å². The largest absolute Gasteiger partial charge is 0.388 e. The lowest BCUT2D eigenvalue weighted by Gasteiger charge is -2.24. The van der Waals surface area contributed by atoms with Crippen LogP contribution in [-0.4, -0.2) is 49.5 Å². The van der Waals surface area contributed by atoms with E-state index >= 15 is 0 Å². The first kappa shape index (κ1) is 13.6. The normalized spacial score (nSPS) is 27.4. The van der Waals surface area contributed by atoms with Gasteiger partial charge in [0.15, 0.2) is 5.96 Å². The molecule has 1 unspecified atom stereocenters. The van der Waals surface area contributed by atoms with Gasteiger partial charge in [0, 0.05) is 26.7 Å². The minimum Gasteiger partial charge on any atom is -0.388 e. The molecule has 2 fully saturated rings. The zero-order valence-corrected chi connectivity index (χ0v) is 11.2. The molecule has 3 N–H and O–H groups in total. The van der Waals surface area contributed by atoms with E-state index in [2.05, 4.69) is 15.6 Å². The fourth-order valence-electron chi connectivity index (χ4n) is 2.69. The number of hydrogen-bond donors (Lipinski definition) is 3. The van der Waals surface area contributed by atoms with Crippen molar-refractivity contribution in [2.24, 2.45) is 4.99 Å². The maximum absolute atomic E-state index is 10.2. The van der Waals surface area contributed by atoms with E-state index in [-0.39, 0.29) is 0 Å². The van der Waals surface area contributed by atoms with Crippen LogP contribution in [0.4, 0.5) is 0 Å². The third-order valence-corrected chi connectivity index (χ3v) is 3.86. The van der Waals surface area contributed by atoms with Gasteiger partial charge < -0.3 is 20.5 Å². The summed E-state index contributed by atoms with van der Waals surface area (Å²) in [5.41, 5.74) is -0.540. The van der Waals surface area contributed by atoms with Crippen molar-refractivity contribution in [3.63, 3.8) is 0 Å². The maximum atomic E-state index is 10.2. The van der Waals surface area contributed by atoms with Crippen molar-refractivity contribution < 1.29 is 9.84 Å². The molecule has 0 radical (unpaired) electrons. The molecule has 0 aromatic carbocycles. The van der Waals surface area contributed by atoms with Crippen LogP contribution in [0.5, 0.6) is 0 Å². The fourth-order valence-corrected chi connectivity index (χ4v) is 2.69. The quantitative estimate of drug-likeness (QED) is 0.509. The molecule has 1 saturated carbocycles. The molecule has 0 aromatic rings. The van der Waals surface area contributed by atoms with Crippen LogP contribution in [0.3, 0.4) is 0 Å². The smallest absolute Gasteiger partial charge is 0.191 e. The van der Waals surface area contributed by atoms with Crippen LogP contribution in [0.25, 0.3) is 0 Å². The summed E-state index contributed by atoms with van der Waals surface area (Å²) in [7, 11) is 1.75. The van der Waals surface area contributed by atoms with Gasteiger partial charge in [0.25, 0.3) is 0 Å². The Bertz CT molecular complexity index is 282.